The van der Waals surface area contributed by atoms with Gasteiger partial charge in [0.05, 0.1) is 11.1 Å². The highest BCUT2D eigenvalue weighted by Crippen LogP contribution is 2.22. The summed E-state index contributed by atoms with van der Waals surface area (Å²) < 4.78 is 4.59. The van der Waals surface area contributed by atoms with Gasteiger partial charge in [-0.05, 0) is 30.5 Å². The van der Waals surface area contributed by atoms with Crippen molar-refractivity contribution in [3.63, 3.8) is 0 Å². The standard InChI is InChI=1S/C20H26O3/c1-2-3-4-5-6-7-8-9-10-11-12-16-13-14-17-18(15-16)20(22)23-19(17)21/h11-15H,2-10H2,1H3/b12-11+. The number of fused-ring (bicyclic) bond motifs is 1. The fourth-order valence-corrected chi connectivity index (χ4v) is 2.82. The molecule has 3 nitrogen and oxygen atoms in total. The Hall–Kier alpha value is -1.90. The minimum Gasteiger partial charge on any atom is -0.386 e. The van der Waals surface area contributed by atoms with Crippen LogP contribution in [0.1, 0.15) is 91.0 Å². The smallest absolute Gasteiger partial charge is 0.346 e. The van der Waals surface area contributed by atoms with Crippen LogP contribution in [0.5, 0.6) is 0 Å². The zero-order valence-corrected chi connectivity index (χ0v) is 14.0. The number of unbranched alkanes of at least 4 members (excludes halogenated alkanes) is 8. The second kappa shape index (κ2) is 9.29. The molecule has 0 amide bonds. The molecule has 0 N–H and O–H groups in total. The predicted molar refractivity (Wildman–Crippen MR) is 92.4 cm³/mol. The van der Waals surface area contributed by atoms with E-state index in [9.17, 15) is 9.59 Å². The van der Waals surface area contributed by atoms with Crippen molar-refractivity contribution < 1.29 is 14.3 Å². The second-order valence-corrected chi connectivity index (χ2v) is 6.15. The molecule has 0 fully saturated rings. The number of carbonyl (C=O) groups is 2. The van der Waals surface area contributed by atoms with Gasteiger partial charge in [0.25, 0.3) is 0 Å². The number of cyclic esters (lactones) is 2. The van der Waals surface area contributed by atoms with Crippen LogP contribution in [0.3, 0.4) is 0 Å². The average molecular weight is 314 g/mol. The molecule has 1 aromatic rings. The number of allylic oxidation sites excluding steroid dienone is 1. The third kappa shape index (κ3) is 5.34. The number of rotatable bonds is 10. The SMILES string of the molecule is CCCCCCCCCC/C=C/c1ccc2c(c1)C(=O)OC2=O. The van der Waals surface area contributed by atoms with Crippen LogP contribution in [0, 0.1) is 0 Å². The molecule has 0 unspecified atom stereocenters. The van der Waals surface area contributed by atoms with E-state index in [1.54, 1.807) is 12.1 Å². The lowest BCUT2D eigenvalue weighted by Gasteiger charge is -2.00. The van der Waals surface area contributed by atoms with E-state index in [-0.39, 0.29) is 0 Å². The molecule has 23 heavy (non-hydrogen) atoms. The van der Waals surface area contributed by atoms with E-state index in [0.717, 1.165) is 12.0 Å². The van der Waals surface area contributed by atoms with Gasteiger partial charge in [-0.1, -0.05) is 70.1 Å². The normalized spacial score (nSPS) is 13.6. The van der Waals surface area contributed by atoms with Crippen LogP contribution in [0.25, 0.3) is 6.08 Å². The topological polar surface area (TPSA) is 43.4 Å². The van der Waals surface area contributed by atoms with Gasteiger partial charge in [-0.2, -0.15) is 0 Å². The molecule has 0 bridgehead atoms. The van der Waals surface area contributed by atoms with Crippen molar-refractivity contribution in [1.82, 2.24) is 0 Å². The summed E-state index contributed by atoms with van der Waals surface area (Å²) in [5, 5.41) is 0. The van der Waals surface area contributed by atoms with Gasteiger partial charge in [0.15, 0.2) is 0 Å². The molecular weight excluding hydrogens is 288 g/mol. The molecule has 1 aromatic carbocycles. The maximum absolute atomic E-state index is 11.5. The van der Waals surface area contributed by atoms with E-state index in [1.807, 2.05) is 12.1 Å². The van der Waals surface area contributed by atoms with Crippen molar-refractivity contribution in [2.45, 2.75) is 64.7 Å². The number of hydrogen-bond donors (Lipinski definition) is 0. The highest BCUT2D eigenvalue weighted by atomic mass is 16.6. The average Bonchev–Trinajstić information content (AvgIpc) is 2.83. The first-order chi connectivity index (χ1) is 11.2. The zero-order chi connectivity index (χ0) is 16.5. The number of ether oxygens (including phenoxy) is 1. The number of esters is 2. The summed E-state index contributed by atoms with van der Waals surface area (Å²) in [6, 6.07) is 5.24. The summed E-state index contributed by atoms with van der Waals surface area (Å²) in [6.45, 7) is 2.24. The van der Waals surface area contributed by atoms with Gasteiger partial charge in [-0.25, -0.2) is 9.59 Å². The minimum atomic E-state index is -0.542. The van der Waals surface area contributed by atoms with Gasteiger partial charge in [-0.15, -0.1) is 0 Å². The molecule has 0 aliphatic carbocycles. The predicted octanol–water partition coefficient (Wildman–Crippen LogP) is 5.54. The molecular formula is C20H26O3. The number of carbonyl (C=O) groups excluding carboxylic acids is 2. The van der Waals surface area contributed by atoms with E-state index in [0.29, 0.717) is 11.1 Å². The van der Waals surface area contributed by atoms with Crippen LogP contribution in [-0.2, 0) is 4.74 Å². The van der Waals surface area contributed by atoms with E-state index in [4.69, 9.17) is 0 Å². The van der Waals surface area contributed by atoms with Gasteiger partial charge < -0.3 is 4.74 Å². The lowest BCUT2D eigenvalue weighted by molar-refractivity contribution is 0.0444. The molecule has 124 valence electrons. The Balaban J connectivity index is 1.66. The van der Waals surface area contributed by atoms with E-state index >= 15 is 0 Å². The van der Waals surface area contributed by atoms with Crippen molar-refractivity contribution in [3.8, 4) is 0 Å². The Labute approximate surface area is 138 Å². The quantitative estimate of drug-likeness (QED) is 0.323. The van der Waals surface area contributed by atoms with Crippen molar-refractivity contribution in [1.29, 1.82) is 0 Å². The molecule has 0 atom stereocenters. The molecule has 0 radical (unpaired) electrons. The number of benzene rings is 1. The Morgan fingerprint density at radius 2 is 1.52 bits per heavy atom. The van der Waals surface area contributed by atoms with Crippen molar-refractivity contribution in [3.05, 3.63) is 41.0 Å². The van der Waals surface area contributed by atoms with Crippen LogP contribution < -0.4 is 0 Å². The van der Waals surface area contributed by atoms with Crippen molar-refractivity contribution >= 4 is 18.0 Å². The summed E-state index contributed by atoms with van der Waals surface area (Å²) in [5.41, 5.74) is 1.69. The van der Waals surface area contributed by atoms with Crippen LogP contribution in [0.2, 0.25) is 0 Å². The summed E-state index contributed by atoms with van der Waals surface area (Å²) >= 11 is 0. The Bertz CT molecular complexity index is 572. The largest absolute Gasteiger partial charge is 0.386 e. The fourth-order valence-electron chi connectivity index (χ4n) is 2.82. The van der Waals surface area contributed by atoms with Gasteiger partial charge in [-0.3, -0.25) is 0 Å². The maximum atomic E-state index is 11.5. The molecule has 3 heteroatoms. The molecule has 0 saturated heterocycles. The third-order valence-corrected chi connectivity index (χ3v) is 4.20. The number of hydrogen-bond acceptors (Lipinski definition) is 3. The molecule has 1 heterocycles. The highest BCUT2D eigenvalue weighted by Gasteiger charge is 2.29. The summed E-state index contributed by atoms with van der Waals surface area (Å²) in [5.74, 6) is -1.08. The maximum Gasteiger partial charge on any atom is 0.346 e. The Morgan fingerprint density at radius 1 is 0.870 bits per heavy atom. The van der Waals surface area contributed by atoms with Gasteiger partial charge in [0, 0.05) is 0 Å². The van der Waals surface area contributed by atoms with Crippen molar-refractivity contribution in [2.24, 2.45) is 0 Å². The van der Waals surface area contributed by atoms with Crippen molar-refractivity contribution in [2.75, 3.05) is 0 Å². The van der Waals surface area contributed by atoms with E-state index < -0.39 is 11.9 Å². The summed E-state index contributed by atoms with van der Waals surface area (Å²) in [6.07, 6.45) is 15.8. The first-order valence-corrected chi connectivity index (χ1v) is 8.79. The summed E-state index contributed by atoms with van der Waals surface area (Å²) in [7, 11) is 0. The Morgan fingerprint density at radius 3 is 2.26 bits per heavy atom. The fraction of sp³-hybridized carbons (Fsp3) is 0.500. The molecule has 0 aromatic heterocycles. The Kier molecular flexibility index (Phi) is 7.05. The molecule has 0 saturated carbocycles. The molecule has 1 aliphatic rings. The van der Waals surface area contributed by atoms with Crippen LogP contribution in [0.15, 0.2) is 24.3 Å². The van der Waals surface area contributed by atoms with Crippen LogP contribution in [0.4, 0.5) is 0 Å². The molecule has 0 spiro atoms. The minimum absolute atomic E-state index is 0.371. The lowest BCUT2D eigenvalue weighted by atomic mass is 10.0. The third-order valence-electron chi connectivity index (χ3n) is 4.20. The highest BCUT2D eigenvalue weighted by molar-refractivity contribution is 6.14. The molecule has 1 aliphatic heterocycles. The lowest BCUT2D eigenvalue weighted by Crippen LogP contribution is -1.96. The summed E-state index contributed by atoms with van der Waals surface area (Å²) in [4.78, 5) is 22.9. The second-order valence-electron chi connectivity index (χ2n) is 6.15. The van der Waals surface area contributed by atoms with E-state index in [1.165, 1.54) is 51.4 Å². The first-order valence-electron chi connectivity index (χ1n) is 8.79. The zero-order valence-electron chi connectivity index (χ0n) is 14.0. The van der Waals surface area contributed by atoms with Gasteiger partial charge in [0.2, 0.25) is 0 Å². The van der Waals surface area contributed by atoms with E-state index in [2.05, 4.69) is 17.7 Å². The van der Waals surface area contributed by atoms with Gasteiger partial charge >= 0.3 is 11.9 Å². The van der Waals surface area contributed by atoms with Crippen LogP contribution >= 0.6 is 0 Å². The van der Waals surface area contributed by atoms with Gasteiger partial charge in [0.1, 0.15) is 0 Å². The van der Waals surface area contributed by atoms with Crippen LogP contribution in [-0.4, -0.2) is 11.9 Å². The monoisotopic (exact) mass is 314 g/mol. The molecule has 2 rings (SSSR count). The first kappa shape index (κ1) is 17.5.